The molecule has 0 amide bonds. The van der Waals surface area contributed by atoms with E-state index in [1.165, 1.54) is 55.6 Å². The van der Waals surface area contributed by atoms with E-state index in [9.17, 15) is 0 Å². The first-order chi connectivity index (χ1) is 28.9. The Balaban J connectivity index is 0.00000238. The Hall–Kier alpha value is -6.84. The van der Waals surface area contributed by atoms with Crippen molar-refractivity contribution in [1.29, 1.82) is 0 Å². The van der Waals surface area contributed by atoms with E-state index in [1.807, 2.05) is 13.8 Å². The van der Waals surface area contributed by atoms with Crippen LogP contribution in [-0.2, 0) is 12.0 Å². The van der Waals surface area contributed by atoms with Crippen LogP contribution in [0.1, 0.15) is 69.4 Å². The number of rotatable bonds is 9. The summed E-state index contributed by atoms with van der Waals surface area (Å²) in [6, 6.07) is 60.2. The van der Waals surface area contributed by atoms with Gasteiger partial charge in [0.05, 0.1) is 5.69 Å². The molecule has 1 aliphatic carbocycles. The van der Waals surface area contributed by atoms with Gasteiger partial charge in [-0.25, -0.2) is 0 Å². The van der Waals surface area contributed by atoms with Crippen LogP contribution in [0, 0.1) is 0 Å². The van der Waals surface area contributed by atoms with Crippen molar-refractivity contribution in [3.05, 3.63) is 216 Å². The van der Waals surface area contributed by atoms with Gasteiger partial charge in [0, 0.05) is 46.0 Å². The Morgan fingerprint density at radius 3 is 2.00 bits per heavy atom. The molecule has 0 aromatic heterocycles. The summed E-state index contributed by atoms with van der Waals surface area (Å²) in [5.74, 6) is 0. The second kappa shape index (κ2) is 16.9. The summed E-state index contributed by atoms with van der Waals surface area (Å²) in [7, 11) is 0. The molecule has 1 N–H and O–H groups in total. The van der Waals surface area contributed by atoms with Crippen LogP contribution in [-0.4, -0.2) is 0 Å². The van der Waals surface area contributed by atoms with Gasteiger partial charge in [0.15, 0.2) is 0 Å². The van der Waals surface area contributed by atoms with Gasteiger partial charge in [-0.2, -0.15) is 0 Å². The molecule has 3 heteroatoms. The van der Waals surface area contributed by atoms with Gasteiger partial charge in [0.1, 0.15) is 0 Å². The molecular weight excluding hydrogens is 715 g/mol. The van der Waals surface area contributed by atoms with E-state index in [1.54, 1.807) is 0 Å². The first kappa shape index (κ1) is 39.0. The molecular formula is C56H53N3. The number of nitrogens with zero attached hydrogens (tertiary/aromatic N) is 2. The molecule has 59 heavy (non-hydrogen) atoms. The zero-order valence-electron chi connectivity index (χ0n) is 35.1. The minimum Gasteiger partial charge on any atom is -0.387 e. The van der Waals surface area contributed by atoms with Crippen LogP contribution in [0.2, 0.25) is 0 Å². The van der Waals surface area contributed by atoms with E-state index in [4.69, 9.17) is 0 Å². The molecule has 9 rings (SSSR count). The molecule has 1 aliphatic heterocycles. The Kier molecular flexibility index (Phi) is 11.2. The third-order valence-electron chi connectivity index (χ3n) is 11.5. The minimum absolute atomic E-state index is 0.243. The number of anilines is 6. The van der Waals surface area contributed by atoms with Crippen LogP contribution in [0.5, 0.6) is 0 Å². The second-order valence-electron chi connectivity index (χ2n) is 15.4. The molecule has 292 valence electrons. The largest absolute Gasteiger partial charge is 0.387 e. The maximum absolute atomic E-state index is 3.40. The van der Waals surface area contributed by atoms with Gasteiger partial charge < -0.3 is 15.1 Å². The fraction of sp³-hybridized carbons (Fsp3) is 0.143. The molecule has 0 unspecified atom stereocenters. The van der Waals surface area contributed by atoms with Gasteiger partial charge in [0.25, 0.3) is 0 Å². The molecule has 0 fully saturated rings. The van der Waals surface area contributed by atoms with E-state index >= 15 is 0 Å². The summed E-state index contributed by atoms with van der Waals surface area (Å²) >= 11 is 0. The predicted octanol–water partition coefficient (Wildman–Crippen LogP) is 15.7. The molecule has 7 aromatic rings. The summed E-state index contributed by atoms with van der Waals surface area (Å²) in [4.78, 5) is 4.92. The zero-order valence-corrected chi connectivity index (χ0v) is 35.1. The number of allylic oxidation sites excluding steroid dienone is 4. The van der Waals surface area contributed by atoms with Crippen LogP contribution < -0.4 is 15.1 Å². The Labute approximate surface area is 351 Å². The van der Waals surface area contributed by atoms with E-state index in [0.29, 0.717) is 0 Å². The van der Waals surface area contributed by atoms with Crippen LogP contribution in [0.25, 0.3) is 33.9 Å². The standard InChI is InChI=1S/C54H47N3.C2H6/c1-5-17-38(6-2)40-20-15-25-46(32-40)57(47-29-28-43-37-55-31-30-42(43)34-47)52-36-48(35-51-53(52)49-26-13-14-27-50(49)54(51,3)4)56(44-22-11-8-12-23-44)45-24-16-21-41(33-45)39-18-9-7-10-19-39;1-2/h5-36,55H,37H2,1-4H3;1-2H3/b17-5-,38-6+;. The summed E-state index contributed by atoms with van der Waals surface area (Å²) in [6.07, 6.45) is 10.8. The van der Waals surface area contributed by atoms with Gasteiger partial charge >= 0.3 is 0 Å². The van der Waals surface area contributed by atoms with Gasteiger partial charge in [-0.15, -0.1) is 0 Å². The predicted molar refractivity (Wildman–Crippen MR) is 254 cm³/mol. The molecule has 1 heterocycles. The van der Waals surface area contributed by atoms with Crippen LogP contribution in [0.3, 0.4) is 0 Å². The quantitative estimate of drug-likeness (QED) is 0.148. The van der Waals surface area contributed by atoms with Crippen molar-refractivity contribution in [2.75, 3.05) is 9.80 Å². The lowest BCUT2D eigenvalue weighted by molar-refractivity contribution is 0.660. The molecule has 0 atom stereocenters. The molecule has 0 spiro atoms. The first-order valence-electron chi connectivity index (χ1n) is 21.0. The molecule has 7 aromatic carbocycles. The van der Waals surface area contributed by atoms with Crippen molar-refractivity contribution < 1.29 is 0 Å². The highest BCUT2D eigenvalue weighted by molar-refractivity contribution is 5.99. The number of para-hydroxylation sites is 1. The maximum atomic E-state index is 3.40. The Bertz CT molecular complexity index is 2680. The van der Waals surface area contributed by atoms with Gasteiger partial charge in [-0.3, -0.25) is 0 Å². The van der Waals surface area contributed by atoms with Crippen LogP contribution >= 0.6 is 0 Å². The first-order valence-corrected chi connectivity index (χ1v) is 21.0. The Morgan fingerprint density at radius 2 is 1.24 bits per heavy atom. The van der Waals surface area contributed by atoms with Crippen molar-refractivity contribution in [1.82, 2.24) is 5.32 Å². The lowest BCUT2D eigenvalue weighted by atomic mass is 9.82. The van der Waals surface area contributed by atoms with Crippen LogP contribution in [0.4, 0.5) is 34.1 Å². The fourth-order valence-electron chi connectivity index (χ4n) is 8.71. The number of nitrogens with one attached hydrogen (secondary N) is 1. The number of fused-ring (bicyclic) bond motifs is 4. The monoisotopic (exact) mass is 767 g/mol. The Morgan fingerprint density at radius 1 is 0.576 bits per heavy atom. The van der Waals surface area contributed by atoms with Gasteiger partial charge in [-0.05, 0) is 137 Å². The average Bonchev–Trinajstić information content (AvgIpc) is 3.53. The lowest BCUT2D eigenvalue weighted by Gasteiger charge is -2.33. The molecule has 3 nitrogen and oxygen atoms in total. The highest BCUT2D eigenvalue weighted by Crippen LogP contribution is 2.56. The number of hydrogen-bond donors (Lipinski definition) is 1. The summed E-state index contributed by atoms with van der Waals surface area (Å²) < 4.78 is 0. The highest BCUT2D eigenvalue weighted by atomic mass is 15.2. The van der Waals surface area contributed by atoms with Crippen molar-refractivity contribution >= 4 is 45.8 Å². The van der Waals surface area contributed by atoms with E-state index in [0.717, 1.165) is 40.7 Å². The lowest BCUT2D eigenvalue weighted by Crippen LogP contribution is -2.19. The van der Waals surface area contributed by atoms with E-state index in [-0.39, 0.29) is 5.41 Å². The fourth-order valence-corrected chi connectivity index (χ4v) is 8.71. The molecule has 0 bridgehead atoms. The van der Waals surface area contributed by atoms with E-state index < -0.39 is 0 Å². The topological polar surface area (TPSA) is 18.5 Å². The van der Waals surface area contributed by atoms with Gasteiger partial charge in [0.2, 0.25) is 0 Å². The minimum atomic E-state index is -0.243. The van der Waals surface area contributed by atoms with Crippen molar-refractivity contribution in [2.24, 2.45) is 0 Å². The zero-order chi connectivity index (χ0) is 40.9. The molecule has 0 saturated heterocycles. The summed E-state index contributed by atoms with van der Waals surface area (Å²) in [5.41, 5.74) is 18.9. The third-order valence-corrected chi connectivity index (χ3v) is 11.5. The SMILES string of the molecule is C/C=C\C(=C/C)c1cccc(N(c2ccc3c(c2)C=CNC3)c2cc(N(c3ccccc3)c3cccc(-c4ccccc4)c3)cc3c2-c2ccccc2C3(C)C)c1.CC. The van der Waals surface area contributed by atoms with Crippen molar-refractivity contribution in [3.8, 4) is 22.3 Å². The molecule has 2 aliphatic rings. The normalized spacial score (nSPS) is 13.4. The second-order valence-corrected chi connectivity index (χ2v) is 15.4. The number of benzene rings is 7. The summed E-state index contributed by atoms with van der Waals surface area (Å²) in [5, 5.41) is 3.40. The highest BCUT2D eigenvalue weighted by Gasteiger charge is 2.39. The average molecular weight is 768 g/mol. The smallest absolute Gasteiger partial charge is 0.0564 e. The molecule has 0 radical (unpaired) electrons. The van der Waals surface area contributed by atoms with Crippen molar-refractivity contribution in [2.45, 2.75) is 53.5 Å². The molecule has 0 saturated carbocycles. The summed E-state index contributed by atoms with van der Waals surface area (Å²) in [6.45, 7) is 13.8. The van der Waals surface area contributed by atoms with E-state index in [2.05, 4.69) is 237 Å². The van der Waals surface area contributed by atoms with Gasteiger partial charge in [-0.1, -0.05) is 149 Å². The maximum Gasteiger partial charge on any atom is 0.0564 e. The van der Waals surface area contributed by atoms with Crippen molar-refractivity contribution in [3.63, 3.8) is 0 Å². The number of hydrogen-bond acceptors (Lipinski definition) is 3. The third kappa shape index (κ3) is 7.41. The van der Waals surface area contributed by atoms with Crippen LogP contribution in [0.15, 0.2) is 188 Å².